The van der Waals surface area contributed by atoms with Crippen molar-refractivity contribution in [1.82, 2.24) is 24.5 Å². The number of hydrogen-bond acceptors (Lipinski definition) is 6. The first-order valence-electron chi connectivity index (χ1n) is 11.4. The molecular formula is C24H22B2ClFN6O2. The lowest BCUT2D eigenvalue weighted by Gasteiger charge is -2.29. The molecule has 0 unspecified atom stereocenters. The Hall–Kier alpha value is -3.30. The minimum Gasteiger partial charge on any atom is -0.482 e. The van der Waals surface area contributed by atoms with Gasteiger partial charge in [0.15, 0.2) is 16.7 Å². The number of nitrogens with zero attached hydrogens (tertiary/aromatic N) is 5. The van der Waals surface area contributed by atoms with Crippen molar-refractivity contribution in [2.45, 2.75) is 31.7 Å². The molecule has 0 saturated carbocycles. The number of hydrogen-bond donors (Lipinski definition) is 2. The molecular weight excluding hydrogens is 480 g/mol. The molecule has 1 atom stereocenters. The highest BCUT2D eigenvalue weighted by molar-refractivity contribution is 6.45. The molecule has 2 N–H and O–H groups in total. The molecule has 36 heavy (non-hydrogen) atoms. The number of ether oxygens (including phenoxy) is 1. The lowest BCUT2D eigenvalue weighted by molar-refractivity contribution is 0.226. The first-order valence-corrected chi connectivity index (χ1v) is 11.7. The van der Waals surface area contributed by atoms with Crippen LogP contribution in [0.4, 0.5) is 10.2 Å². The first kappa shape index (κ1) is 24.4. The normalized spacial score (nSPS) is 16.1. The molecule has 2 bridgehead atoms. The van der Waals surface area contributed by atoms with Crippen LogP contribution >= 0.6 is 11.6 Å². The van der Waals surface area contributed by atoms with Gasteiger partial charge in [0.2, 0.25) is 0 Å². The zero-order chi connectivity index (χ0) is 25.8. The predicted octanol–water partition coefficient (Wildman–Crippen LogP) is 3.51. The molecule has 180 valence electrons. The fourth-order valence-corrected chi connectivity index (χ4v) is 4.99. The van der Waals surface area contributed by atoms with Gasteiger partial charge in [0, 0.05) is 48.2 Å². The average Bonchev–Trinajstić information content (AvgIpc) is 3.40. The lowest BCUT2D eigenvalue weighted by atomic mass is 9.47. The van der Waals surface area contributed by atoms with Crippen LogP contribution in [0.15, 0.2) is 36.7 Å². The van der Waals surface area contributed by atoms with Crippen molar-refractivity contribution in [1.29, 1.82) is 0 Å². The molecule has 0 aliphatic carbocycles. The van der Waals surface area contributed by atoms with Crippen LogP contribution in [-0.2, 0) is 18.8 Å². The summed E-state index contributed by atoms with van der Waals surface area (Å²) in [5.74, 6) is 0.205. The van der Waals surface area contributed by atoms with E-state index < -0.39 is 17.1 Å². The number of aliphatic hydroxyl groups excluding tert-OH is 1. The van der Waals surface area contributed by atoms with E-state index in [0.717, 1.165) is 0 Å². The van der Waals surface area contributed by atoms with Gasteiger partial charge in [0.1, 0.15) is 18.7 Å². The Morgan fingerprint density at radius 1 is 1.28 bits per heavy atom. The van der Waals surface area contributed by atoms with E-state index in [1.807, 2.05) is 6.92 Å². The Morgan fingerprint density at radius 3 is 2.78 bits per heavy atom. The predicted molar refractivity (Wildman–Crippen MR) is 137 cm³/mol. The number of pyridine rings is 1. The second kappa shape index (κ2) is 8.97. The molecule has 12 heteroatoms. The monoisotopic (exact) mass is 502 g/mol. The summed E-state index contributed by atoms with van der Waals surface area (Å²) in [6, 6.07) is 6.10. The summed E-state index contributed by atoms with van der Waals surface area (Å²) in [6.07, 6.45) is 2.68. The van der Waals surface area contributed by atoms with Gasteiger partial charge in [-0.1, -0.05) is 11.6 Å². The van der Waals surface area contributed by atoms with E-state index in [0.29, 0.717) is 57.3 Å². The zero-order valence-corrected chi connectivity index (χ0v) is 20.7. The standard InChI is InChI=1S/C24H22B2ClFN6O2/c1-4-34-21-13-7-18(23(29-9-13)30-11-35)36-12(2)16-8-14(28)5-6-15(16)20-17(10-33(3)31-20)24(25,26)19(21)22(27)32-34/h5-10,12,35H,4,11H2,1-3H3,(H,29,30)/t12-/m1/s1. The number of halogens is 2. The molecule has 4 heterocycles. The van der Waals surface area contributed by atoms with Gasteiger partial charge in [-0.25, -0.2) is 9.37 Å². The van der Waals surface area contributed by atoms with Crippen LogP contribution in [0, 0.1) is 5.82 Å². The number of anilines is 1. The molecule has 1 aromatic carbocycles. The molecule has 4 radical (unpaired) electrons. The fourth-order valence-electron chi connectivity index (χ4n) is 4.66. The van der Waals surface area contributed by atoms with Crippen LogP contribution in [0.5, 0.6) is 5.75 Å². The summed E-state index contributed by atoms with van der Waals surface area (Å²) in [6.45, 7) is 3.83. The largest absolute Gasteiger partial charge is 0.482 e. The topological polar surface area (TPSA) is 90.0 Å². The molecule has 8 nitrogen and oxygen atoms in total. The third-order valence-electron chi connectivity index (χ3n) is 6.28. The van der Waals surface area contributed by atoms with E-state index in [-0.39, 0.29) is 11.9 Å². The highest BCUT2D eigenvalue weighted by Gasteiger charge is 2.36. The average molecular weight is 503 g/mol. The van der Waals surface area contributed by atoms with Gasteiger partial charge in [-0.05, 0) is 48.9 Å². The van der Waals surface area contributed by atoms with Gasteiger partial charge in [-0.15, -0.1) is 0 Å². The SMILES string of the molecule is [B]C1([B])c2cn(C)nc2-c2ccc(F)cc2[C@@H](C)Oc2cc(cnc2NCO)-c2c1c(Cl)nn2CC. The summed E-state index contributed by atoms with van der Waals surface area (Å²) in [7, 11) is 15.5. The van der Waals surface area contributed by atoms with Crippen LogP contribution in [0.3, 0.4) is 0 Å². The molecule has 0 spiro atoms. The fraction of sp³-hybridized carbons (Fsp3) is 0.292. The van der Waals surface area contributed by atoms with Crippen molar-refractivity contribution in [3.05, 3.63) is 64.3 Å². The van der Waals surface area contributed by atoms with Crippen LogP contribution in [-0.4, -0.2) is 52.1 Å². The summed E-state index contributed by atoms with van der Waals surface area (Å²) in [4.78, 5) is 4.45. The van der Waals surface area contributed by atoms with E-state index in [4.69, 9.17) is 32.0 Å². The van der Waals surface area contributed by atoms with E-state index in [1.54, 1.807) is 47.9 Å². The molecule has 1 aliphatic rings. The maximum absolute atomic E-state index is 14.5. The Bertz CT molecular complexity index is 1470. The van der Waals surface area contributed by atoms with Gasteiger partial charge in [0.25, 0.3) is 0 Å². The lowest BCUT2D eigenvalue weighted by Crippen LogP contribution is -2.30. The smallest absolute Gasteiger partial charge is 0.170 e. The summed E-state index contributed by atoms with van der Waals surface area (Å²) < 4.78 is 24.0. The number of aromatic nitrogens is 5. The van der Waals surface area contributed by atoms with Crippen molar-refractivity contribution in [2.75, 3.05) is 12.0 Å². The number of aryl methyl sites for hydroxylation is 2. The molecule has 3 aromatic heterocycles. The second-order valence-electron chi connectivity index (χ2n) is 8.66. The van der Waals surface area contributed by atoms with Crippen LogP contribution in [0.2, 0.25) is 5.15 Å². The quantitative estimate of drug-likeness (QED) is 0.329. The number of fused-ring (bicyclic) bond motifs is 7. The molecule has 0 amide bonds. The second-order valence-corrected chi connectivity index (χ2v) is 9.02. The van der Waals surface area contributed by atoms with E-state index >= 15 is 0 Å². The van der Waals surface area contributed by atoms with Crippen molar-refractivity contribution in [3.63, 3.8) is 0 Å². The van der Waals surface area contributed by atoms with E-state index in [2.05, 4.69) is 20.5 Å². The van der Waals surface area contributed by atoms with Crippen molar-refractivity contribution in [2.24, 2.45) is 7.05 Å². The Kier molecular flexibility index (Phi) is 6.08. The van der Waals surface area contributed by atoms with Crippen molar-refractivity contribution in [3.8, 4) is 28.3 Å². The minimum atomic E-state index is -1.62. The Labute approximate surface area is 215 Å². The molecule has 4 aromatic rings. The van der Waals surface area contributed by atoms with Crippen LogP contribution in [0.1, 0.15) is 36.6 Å². The van der Waals surface area contributed by atoms with Gasteiger partial charge in [-0.2, -0.15) is 10.2 Å². The summed E-state index contributed by atoms with van der Waals surface area (Å²) >= 11 is 6.66. The molecule has 0 saturated heterocycles. The summed E-state index contributed by atoms with van der Waals surface area (Å²) in [5.41, 5.74) is 3.63. The number of aliphatic hydroxyl groups is 1. The highest BCUT2D eigenvalue weighted by atomic mass is 35.5. The minimum absolute atomic E-state index is 0.136. The van der Waals surface area contributed by atoms with Gasteiger partial charge < -0.3 is 15.2 Å². The van der Waals surface area contributed by atoms with Gasteiger partial charge in [-0.3, -0.25) is 9.36 Å². The highest BCUT2D eigenvalue weighted by Crippen LogP contribution is 2.45. The van der Waals surface area contributed by atoms with Crippen molar-refractivity contribution < 1.29 is 14.2 Å². The van der Waals surface area contributed by atoms with Crippen LogP contribution < -0.4 is 10.1 Å². The van der Waals surface area contributed by atoms with Gasteiger partial charge >= 0.3 is 0 Å². The third-order valence-corrected chi connectivity index (χ3v) is 6.55. The molecule has 1 aliphatic heterocycles. The number of rotatable bonds is 3. The number of nitrogens with one attached hydrogen (secondary N) is 1. The van der Waals surface area contributed by atoms with Crippen LogP contribution in [0.25, 0.3) is 22.5 Å². The first-order chi connectivity index (χ1) is 17.1. The molecule has 5 rings (SSSR count). The van der Waals surface area contributed by atoms with E-state index in [9.17, 15) is 9.50 Å². The zero-order valence-electron chi connectivity index (χ0n) is 20.0. The van der Waals surface area contributed by atoms with E-state index in [1.165, 1.54) is 12.1 Å². The Balaban J connectivity index is 1.91. The van der Waals surface area contributed by atoms with Crippen molar-refractivity contribution >= 4 is 33.1 Å². The molecule has 0 fully saturated rings. The maximum Gasteiger partial charge on any atom is 0.170 e. The third kappa shape index (κ3) is 3.87. The summed E-state index contributed by atoms with van der Waals surface area (Å²) in [5, 5.41) is 19.9. The Morgan fingerprint density at radius 2 is 2.06 bits per heavy atom. The van der Waals surface area contributed by atoms with Gasteiger partial charge in [0.05, 0.1) is 27.1 Å². The maximum atomic E-state index is 14.5. The number of benzene rings is 1.